The highest BCUT2D eigenvalue weighted by Crippen LogP contribution is 2.51. The maximum atomic E-state index is 12.2. The van der Waals surface area contributed by atoms with Gasteiger partial charge in [0, 0.05) is 0 Å². The largest absolute Gasteiger partial charge is 0.414 e. The smallest absolute Gasteiger partial charge is 0.280 e. The van der Waals surface area contributed by atoms with Gasteiger partial charge in [0.2, 0.25) is 5.95 Å². The van der Waals surface area contributed by atoms with Crippen LogP contribution in [0.25, 0.3) is 11.2 Å². The molecule has 0 saturated carbocycles. The number of hydrogen-bond acceptors (Lipinski definition) is 8. The van der Waals surface area contributed by atoms with E-state index in [9.17, 15) is 4.79 Å². The van der Waals surface area contributed by atoms with E-state index >= 15 is 0 Å². The molecule has 0 spiro atoms. The Morgan fingerprint density at radius 2 is 2.00 bits per heavy atom. The van der Waals surface area contributed by atoms with Crippen molar-refractivity contribution in [3.05, 3.63) is 16.7 Å². The molecule has 0 bridgehead atoms. The first-order chi connectivity index (χ1) is 14.1. The number of H-pyrrole nitrogens is 1. The Morgan fingerprint density at radius 3 is 2.65 bits per heavy atom. The predicted molar refractivity (Wildman–Crippen MR) is 118 cm³/mol. The van der Waals surface area contributed by atoms with Crippen molar-refractivity contribution in [1.82, 2.24) is 19.5 Å². The number of hydrogen-bond donors (Lipinski definition) is 2. The van der Waals surface area contributed by atoms with Gasteiger partial charge in [0.15, 0.2) is 31.5 Å². The van der Waals surface area contributed by atoms with Crippen molar-refractivity contribution in [1.29, 1.82) is 0 Å². The molecule has 0 aliphatic carbocycles. The van der Waals surface area contributed by atoms with E-state index in [-0.39, 0.29) is 28.7 Å². The number of nitrogen functional groups attached to an aromatic ring is 1. The number of rotatable bonds is 4. The highest BCUT2D eigenvalue weighted by molar-refractivity contribution is 6.74. The molecule has 2 saturated heterocycles. The minimum absolute atomic E-state index is 0.0145. The van der Waals surface area contributed by atoms with E-state index < -0.39 is 31.5 Å². The van der Waals surface area contributed by atoms with Gasteiger partial charge in [-0.3, -0.25) is 14.3 Å². The zero-order chi connectivity index (χ0) is 23.0. The third-order valence-electron chi connectivity index (χ3n) is 6.69. The van der Waals surface area contributed by atoms with Crippen LogP contribution in [0, 0.1) is 0 Å². The fraction of sp³-hybridized carbons (Fsp3) is 0.750. The van der Waals surface area contributed by atoms with Crippen LogP contribution in [0.3, 0.4) is 0 Å². The molecule has 0 amide bonds. The lowest BCUT2D eigenvalue weighted by Gasteiger charge is -2.37. The zero-order valence-electron chi connectivity index (χ0n) is 19.5. The van der Waals surface area contributed by atoms with Gasteiger partial charge < -0.3 is 24.4 Å². The topological polar surface area (TPSA) is 127 Å². The van der Waals surface area contributed by atoms with Crippen molar-refractivity contribution < 1.29 is 18.6 Å². The number of ether oxygens (including phenoxy) is 3. The minimum atomic E-state index is -1.99. The number of aromatic nitrogens is 4. The Bertz CT molecular complexity index is 1060. The van der Waals surface area contributed by atoms with E-state index in [1.165, 1.54) is 6.33 Å². The zero-order valence-corrected chi connectivity index (χ0v) is 20.5. The van der Waals surface area contributed by atoms with Crippen LogP contribution in [0.4, 0.5) is 5.95 Å². The third-order valence-corrected chi connectivity index (χ3v) is 11.2. The maximum Gasteiger partial charge on any atom is 0.280 e. The summed E-state index contributed by atoms with van der Waals surface area (Å²) in [6.07, 6.45) is 0.188. The lowest BCUT2D eigenvalue weighted by Crippen LogP contribution is -2.46. The van der Waals surface area contributed by atoms with Gasteiger partial charge in [-0.2, -0.15) is 4.98 Å². The van der Waals surface area contributed by atoms with Gasteiger partial charge >= 0.3 is 0 Å². The normalized spacial score (nSPS) is 30.8. The molecule has 0 radical (unpaired) electrons. The molecule has 4 atom stereocenters. The predicted octanol–water partition coefficient (Wildman–Crippen LogP) is 2.53. The lowest BCUT2D eigenvalue weighted by atomic mass is 9.96. The first-order valence-electron chi connectivity index (χ1n) is 10.5. The van der Waals surface area contributed by atoms with Crippen molar-refractivity contribution in [2.24, 2.45) is 0 Å². The molecule has 0 unspecified atom stereocenters. The molecule has 2 aliphatic rings. The SMILES string of the molecule is CC1(C)O[C@@H]2[C@@H](CO[Si](C)(C)C(C)(C)C)O[C@@H](n3cnc4c(=O)[nH]c(N)nc43)[C@]2(C)O1. The number of nitrogens with zero attached hydrogens (tertiary/aromatic N) is 3. The molecule has 2 aliphatic heterocycles. The molecule has 3 N–H and O–H groups in total. The fourth-order valence-corrected chi connectivity index (χ4v) is 5.15. The number of imidazole rings is 1. The highest BCUT2D eigenvalue weighted by Gasteiger charge is 2.64. The van der Waals surface area contributed by atoms with Crippen molar-refractivity contribution >= 4 is 25.4 Å². The average molecular weight is 452 g/mol. The molecular weight excluding hydrogens is 418 g/mol. The summed E-state index contributed by atoms with van der Waals surface area (Å²) in [6.45, 7) is 17.1. The summed E-state index contributed by atoms with van der Waals surface area (Å²) in [5, 5.41) is 0.0731. The summed E-state index contributed by atoms with van der Waals surface area (Å²) < 4.78 is 27.2. The Morgan fingerprint density at radius 1 is 1.32 bits per heavy atom. The number of nitrogens with two attached hydrogens (primary N) is 1. The van der Waals surface area contributed by atoms with E-state index in [0.29, 0.717) is 12.3 Å². The van der Waals surface area contributed by atoms with Gasteiger partial charge in [-0.1, -0.05) is 20.8 Å². The number of fused-ring (bicyclic) bond motifs is 2. The summed E-state index contributed by atoms with van der Waals surface area (Å²) in [6, 6.07) is 0. The van der Waals surface area contributed by atoms with Crippen molar-refractivity contribution in [2.45, 2.75) is 89.5 Å². The van der Waals surface area contributed by atoms with E-state index in [1.807, 2.05) is 20.8 Å². The van der Waals surface area contributed by atoms with Crippen LogP contribution < -0.4 is 11.3 Å². The van der Waals surface area contributed by atoms with Crippen LogP contribution in [0.2, 0.25) is 18.1 Å². The number of nitrogens with one attached hydrogen (secondary N) is 1. The molecular formula is C20H33N5O5Si. The fourth-order valence-electron chi connectivity index (χ4n) is 4.13. The van der Waals surface area contributed by atoms with Gasteiger partial charge in [0.05, 0.1) is 12.9 Å². The Hall–Kier alpha value is -1.79. The van der Waals surface area contributed by atoms with Crippen molar-refractivity contribution in [2.75, 3.05) is 12.3 Å². The standard InChI is InChI=1S/C20H33N5O5Si/c1-18(2,3)31(7,8)27-9-11-13-20(6,30-19(4,5)29-13)16(28-11)25-10-22-12-14(25)23-17(21)24-15(12)26/h10-11,13,16H,9H2,1-8H3,(H3,21,23,24,26)/t11-,13-,16-,20-/m1/s1. The third kappa shape index (κ3) is 3.61. The van der Waals surface area contributed by atoms with E-state index in [4.69, 9.17) is 24.4 Å². The van der Waals surface area contributed by atoms with Crippen LogP contribution >= 0.6 is 0 Å². The lowest BCUT2D eigenvalue weighted by molar-refractivity contribution is -0.216. The molecule has 2 aromatic heterocycles. The molecule has 4 heterocycles. The summed E-state index contributed by atoms with van der Waals surface area (Å²) in [5.41, 5.74) is 5.07. The maximum absolute atomic E-state index is 12.2. The average Bonchev–Trinajstić information content (AvgIpc) is 3.19. The van der Waals surface area contributed by atoms with Gasteiger partial charge in [0.1, 0.15) is 17.8 Å². The van der Waals surface area contributed by atoms with E-state index in [2.05, 4.69) is 48.8 Å². The molecule has 11 heteroatoms. The van der Waals surface area contributed by atoms with Crippen LogP contribution in [-0.4, -0.2) is 58.0 Å². The van der Waals surface area contributed by atoms with Crippen LogP contribution in [0.15, 0.2) is 11.1 Å². The highest BCUT2D eigenvalue weighted by atomic mass is 28.4. The second kappa shape index (κ2) is 6.85. The summed E-state index contributed by atoms with van der Waals surface area (Å²) in [4.78, 5) is 23.2. The Balaban J connectivity index is 1.71. The number of anilines is 1. The van der Waals surface area contributed by atoms with Crippen LogP contribution in [-0.2, 0) is 18.6 Å². The first kappa shape index (κ1) is 22.4. The molecule has 2 fully saturated rings. The first-order valence-corrected chi connectivity index (χ1v) is 13.5. The van der Waals surface area contributed by atoms with Crippen LogP contribution in [0.5, 0.6) is 0 Å². The van der Waals surface area contributed by atoms with E-state index in [1.54, 1.807) is 4.57 Å². The quantitative estimate of drug-likeness (QED) is 0.679. The molecule has 0 aromatic carbocycles. The molecule has 2 aromatic rings. The van der Waals surface area contributed by atoms with Gasteiger partial charge in [-0.15, -0.1) is 0 Å². The van der Waals surface area contributed by atoms with Gasteiger partial charge in [0.25, 0.3) is 5.56 Å². The summed E-state index contributed by atoms with van der Waals surface area (Å²) >= 11 is 0. The second-order valence-corrected chi connectivity index (χ2v) is 15.4. The summed E-state index contributed by atoms with van der Waals surface area (Å²) in [7, 11) is -1.99. The Labute approximate surface area is 182 Å². The van der Waals surface area contributed by atoms with Gasteiger partial charge in [-0.05, 0) is 38.9 Å². The molecule has 10 nitrogen and oxygen atoms in total. The van der Waals surface area contributed by atoms with Crippen molar-refractivity contribution in [3.8, 4) is 0 Å². The second-order valence-electron chi connectivity index (χ2n) is 10.6. The van der Waals surface area contributed by atoms with Gasteiger partial charge in [-0.25, -0.2) is 4.98 Å². The minimum Gasteiger partial charge on any atom is -0.414 e. The van der Waals surface area contributed by atoms with Crippen molar-refractivity contribution in [3.63, 3.8) is 0 Å². The van der Waals surface area contributed by atoms with E-state index in [0.717, 1.165) is 0 Å². The monoisotopic (exact) mass is 451 g/mol. The molecule has 4 rings (SSSR count). The summed E-state index contributed by atoms with van der Waals surface area (Å²) in [5.74, 6) is -0.780. The van der Waals surface area contributed by atoms with Crippen LogP contribution in [0.1, 0.15) is 47.8 Å². The molecule has 31 heavy (non-hydrogen) atoms. The Kier molecular flexibility index (Phi) is 4.95. The number of aromatic amines is 1. The molecule has 172 valence electrons.